The number of halogens is 3. The standard InChI is InChI=1S/C11H21N3O3S.C2HF3O2/c1-12-10(15)11(4-6-13-7-5-11)14-8-2-3-9-18(14,16)17;3-2(4,5)1(6)7/h13H,2-9H2,1H3,(H,12,15);(H,6,7). The smallest absolute Gasteiger partial charge is 0.475 e. The first-order valence-corrected chi connectivity index (χ1v) is 9.32. The Labute approximate surface area is 143 Å². The molecule has 12 heteroatoms. The molecule has 2 fully saturated rings. The van der Waals surface area contributed by atoms with E-state index >= 15 is 0 Å². The summed E-state index contributed by atoms with van der Waals surface area (Å²) in [5.74, 6) is -2.76. The van der Waals surface area contributed by atoms with Gasteiger partial charge in [-0.05, 0) is 38.8 Å². The lowest BCUT2D eigenvalue weighted by molar-refractivity contribution is -0.192. The maximum absolute atomic E-state index is 12.2. The van der Waals surface area contributed by atoms with Gasteiger partial charge in [-0.15, -0.1) is 0 Å². The molecule has 2 aliphatic heterocycles. The first kappa shape index (κ1) is 21.6. The van der Waals surface area contributed by atoms with Crippen LogP contribution in [0.15, 0.2) is 0 Å². The second kappa shape index (κ2) is 8.32. The van der Waals surface area contributed by atoms with Gasteiger partial charge in [0, 0.05) is 13.6 Å². The maximum atomic E-state index is 12.2. The van der Waals surface area contributed by atoms with E-state index < -0.39 is 27.7 Å². The number of rotatable bonds is 2. The van der Waals surface area contributed by atoms with Gasteiger partial charge in [-0.1, -0.05) is 0 Å². The maximum Gasteiger partial charge on any atom is 0.490 e. The highest BCUT2D eigenvalue weighted by molar-refractivity contribution is 7.89. The summed E-state index contributed by atoms with van der Waals surface area (Å²) < 4.78 is 57.7. The summed E-state index contributed by atoms with van der Waals surface area (Å²) >= 11 is 0. The third-order valence-electron chi connectivity index (χ3n) is 4.15. The molecule has 2 rings (SSSR count). The third kappa shape index (κ3) is 5.28. The van der Waals surface area contributed by atoms with Gasteiger partial charge in [-0.25, -0.2) is 13.2 Å². The summed E-state index contributed by atoms with van der Waals surface area (Å²) in [4.78, 5) is 21.1. The molecule has 1 amide bonds. The van der Waals surface area contributed by atoms with Crippen LogP contribution in [0.2, 0.25) is 0 Å². The van der Waals surface area contributed by atoms with Gasteiger partial charge in [-0.2, -0.15) is 17.5 Å². The second-order valence-electron chi connectivity index (χ2n) is 5.76. The van der Waals surface area contributed by atoms with Crippen LogP contribution in [0.3, 0.4) is 0 Å². The average molecular weight is 389 g/mol. The van der Waals surface area contributed by atoms with Gasteiger partial charge in [-0.3, -0.25) is 4.79 Å². The molecule has 0 aromatic carbocycles. The second-order valence-corrected chi connectivity index (χ2v) is 7.77. The van der Waals surface area contributed by atoms with Crippen molar-refractivity contribution in [3.05, 3.63) is 0 Å². The highest BCUT2D eigenvalue weighted by Gasteiger charge is 2.50. The molecule has 0 aromatic rings. The molecular weight excluding hydrogens is 367 g/mol. The summed E-state index contributed by atoms with van der Waals surface area (Å²) in [5, 5.41) is 12.9. The van der Waals surface area contributed by atoms with Crippen LogP contribution >= 0.6 is 0 Å². The number of alkyl halides is 3. The van der Waals surface area contributed by atoms with Crippen LogP contribution in [0, 0.1) is 0 Å². The Kier molecular flexibility index (Phi) is 7.20. The summed E-state index contributed by atoms with van der Waals surface area (Å²) in [7, 11) is -1.72. The van der Waals surface area contributed by atoms with E-state index in [4.69, 9.17) is 9.90 Å². The fraction of sp³-hybridized carbons (Fsp3) is 0.846. The summed E-state index contributed by atoms with van der Waals surface area (Å²) in [6.07, 6.45) is -2.45. The number of carbonyl (C=O) groups excluding carboxylic acids is 1. The van der Waals surface area contributed by atoms with Crippen LogP contribution in [0.1, 0.15) is 25.7 Å². The molecule has 0 bridgehead atoms. The SMILES string of the molecule is CNC(=O)C1(N2CCCCS2(=O)=O)CCNCC1.O=C(O)C(F)(F)F. The first-order chi connectivity index (χ1) is 11.5. The van der Waals surface area contributed by atoms with Gasteiger partial charge in [0.15, 0.2) is 0 Å². The molecule has 0 aromatic heterocycles. The number of carboxylic acids is 1. The van der Waals surface area contributed by atoms with Crippen molar-refractivity contribution in [2.24, 2.45) is 0 Å². The lowest BCUT2D eigenvalue weighted by Crippen LogP contribution is -2.65. The van der Waals surface area contributed by atoms with Crippen molar-refractivity contribution in [2.75, 3.05) is 32.4 Å². The van der Waals surface area contributed by atoms with E-state index in [1.165, 1.54) is 4.31 Å². The largest absolute Gasteiger partial charge is 0.490 e. The monoisotopic (exact) mass is 389 g/mol. The Morgan fingerprint density at radius 2 is 1.72 bits per heavy atom. The number of hydrogen-bond donors (Lipinski definition) is 3. The Morgan fingerprint density at radius 3 is 2.12 bits per heavy atom. The minimum absolute atomic E-state index is 0.166. The van der Waals surface area contributed by atoms with Crippen molar-refractivity contribution < 1.29 is 36.3 Å². The molecule has 2 aliphatic rings. The Hall–Kier alpha value is -1.40. The van der Waals surface area contributed by atoms with Crippen molar-refractivity contribution in [1.82, 2.24) is 14.9 Å². The molecule has 2 saturated heterocycles. The number of piperidine rings is 1. The summed E-state index contributed by atoms with van der Waals surface area (Å²) in [6.45, 7) is 1.83. The van der Waals surface area contributed by atoms with Crippen LogP contribution in [-0.4, -0.2) is 73.9 Å². The molecule has 0 unspecified atom stereocenters. The molecule has 8 nitrogen and oxygen atoms in total. The normalized spacial score (nSPS) is 23.0. The van der Waals surface area contributed by atoms with E-state index in [0.717, 1.165) is 6.42 Å². The number of amides is 1. The number of aliphatic carboxylic acids is 1. The Morgan fingerprint density at radius 1 is 1.20 bits per heavy atom. The van der Waals surface area contributed by atoms with Crippen molar-refractivity contribution in [1.29, 1.82) is 0 Å². The zero-order chi connectivity index (χ0) is 19.3. The highest BCUT2D eigenvalue weighted by atomic mass is 32.2. The fourth-order valence-corrected chi connectivity index (χ4v) is 4.93. The number of nitrogens with one attached hydrogen (secondary N) is 2. The molecule has 25 heavy (non-hydrogen) atoms. The lowest BCUT2D eigenvalue weighted by atomic mass is 9.87. The number of hydrogen-bond acceptors (Lipinski definition) is 5. The molecule has 3 N–H and O–H groups in total. The van der Waals surface area contributed by atoms with Gasteiger partial charge in [0.05, 0.1) is 5.75 Å². The molecule has 0 aliphatic carbocycles. The van der Waals surface area contributed by atoms with Crippen molar-refractivity contribution in [3.8, 4) is 0 Å². The average Bonchev–Trinajstić information content (AvgIpc) is 2.54. The van der Waals surface area contributed by atoms with Crippen LogP contribution < -0.4 is 10.6 Å². The number of carbonyl (C=O) groups is 2. The van der Waals surface area contributed by atoms with Crippen LogP contribution in [-0.2, 0) is 19.6 Å². The van der Waals surface area contributed by atoms with E-state index in [1.54, 1.807) is 7.05 Å². The van der Waals surface area contributed by atoms with Crippen LogP contribution in [0.5, 0.6) is 0 Å². The van der Waals surface area contributed by atoms with Crippen molar-refractivity contribution in [2.45, 2.75) is 37.4 Å². The molecule has 0 radical (unpaired) electrons. The van der Waals surface area contributed by atoms with E-state index in [-0.39, 0.29) is 11.7 Å². The molecule has 0 spiro atoms. The van der Waals surface area contributed by atoms with Crippen molar-refractivity contribution in [3.63, 3.8) is 0 Å². The van der Waals surface area contributed by atoms with E-state index in [1.807, 2.05) is 0 Å². The molecule has 146 valence electrons. The van der Waals surface area contributed by atoms with Gasteiger partial charge in [0.1, 0.15) is 5.54 Å². The first-order valence-electron chi connectivity index (χ1n) is 7.71. The molecule has 0 atom stereocenters. The predicted octanol–water partition coefficient (Wildman–Crippen LogP) is -0.0865. The molecular formula is C13H22F3N3O5S. The summed E-state index contributed by atoms with van der Waals surface area (Å²) in [5.41, 5.74) is -0.876. The minimum atomic E-state index is -5.08. The number of carboxylic acid groups (broad SMARTS) is 1. The van der Waals surface area contributed by atoms with E-state index in [2.05, 4.69) is 10.6 Å². The van der Waals surface area contributed by atoms with E-state index in [0.29, 0.717) is 38.9 Å². The number of likely N-dealkylation sites (N-methyl/N-ethyl adjacent to an activating group) is 1. The molecule has 0 saturated carbocycles. The Bertz CT molecular complexity index is 588. The van der Waals surface area contributed by atoms with Crippen LogP contribution in [0.25, 0.3) is 0 Å². The van der Waals surface area contributed by atoms with Crippen molar-refractivity contribution >= 4 is 21.9 Å². The summed E-state index contributed by atoms with van der Waals surface area (Å²) in [6, 6.07) is 0. The topological polar surface area (TPSA) is 116 Å². The minimum Gasteiger partial charge on any atom is -0.475 e. The third-order valence-corrected chi connectivity index (χ3v) is 6.16. The number of sulfonamides is 1. The van der Waals surface area contributed by atoms with Gasteiger partial charge >= 0.3 is 12.1 Å². The number of nitrogens with zero attached hydrogens (tertiary/aromatic N) is 1. The Balaban J connectivity index is 0.000000381. The predicted molar refractivity (Wildman–Crippen MR) is 82.3 cm³/mol. The molecule has 2 heterocycles. The van der Waals surface area contributed by atoms with Gasteiger partial charge in [0.25, 0.3) is 0 Å². The lowest BCUT2D eigenvalue weighted by Gasteiger charge is -2.45. The fourth-order valence-electron chi connectivity index (χ4n) is 2.93. The van der Waals surface area contributed by atoms with Gasteiger partial charge < -0.3 is 15.7 Å². The quantitative estimate of drug-likeness (QED) is 0.608. The zero-order valence-corrected chi connectivity index (χ0v) is 14.5. The van der Waals surface area contributed by atoms with E-state index in [9.17, 15) is 26.4 Å². The highest BCUT2D eigenvalue weighted by Crippen LogP contribution is 2.32. The van der Waals surface area contributed by atoms with Gasteiger partial charge in [0.2, 0.25) is 15.9 Å². The zero-order valence-electron chi connectivity index (χ0n) is 13.7. The van der Waals surface area contributed by atoms with Crippen LogP contribution in [0.4, 0.5) is 13.2 Å².